The molecule has 2 heterocycles. The molecule has 1 aliphatic carbocycles. The van der Waals surface area contributed by atoms with E-state index in [9.17, 15) is 8.42 Å². The van der Waals surface area contributed by atoms with Crippen LogP contribution in [0.3, 0.4) is 0 Å². The Hall–Kier alpha value is -1.63. The first-order chi connectivity index (χ1) is 12.0. The maximum atomic E-state index is 11.1. The van der Waals surface area contributed by atoms with Crippen molar-refractivity contribution < 1.29 is 8.42 Å². The van der Waals surface area contributed by atoms with Crippen LogP contribution in [0.1, 0.15) is 36.8 Å². The van der Waals surface area contributed by atoms with Gasteiger partial charge in [-0.15, -0.1) is 0 Å². The van der Waals surface area contributed by atoms with Crippen LogP contribution < -0.4 is 5.14 Å². The molecule has 1 saturated heterocycles. The van der Waals surface area contributed by atoms with Crippen molar-refractivity contribution >= 4 is 27.0 Å². The molecular formula is C19H25N3O2S. The average Bonchev–Trinajstić information content (AvgIpc) is 3.14. The van der Waals surface area contributed by atoms with Crippen LogP contribution in [-0.4, -0.2) is 37.4 Å². The second-order valence-electron chi connectivity index (χ2n) is 7.45. The fraction of sp³-hybridized carbons (Fsp3) is 0.474. The molecule has 6 heteroatoms. The largest absolute Gasteiger partial charge is 0.361 e. The summed E-state index contributed by atoms with van der Waals surface area (Å²) in [6, 6.07) is 6.57. The Morgan fingerprint density at radius 2 is 2.12 bits per heavy atom. The minimum absolute atomic E-state index is 0.628. The third-order valence-electron chi connectivity index (χ3n) is 5.39. The Kier molecular flexibility index (Phi) is 4.43. The van der Waals surface area contributed by atoms with Crippen LogP contribution in [0.4, 0.5) is 0 Å². The second-order valence-corrected chi connectivity index (χ2v) is 8.90. The van der Waals surface area contributed by atoms with Gasteiger partial charge in [0, 0.05) is 35.1 Å². The number of primary sulfonamides is 1. The highest BCUT2D eigenvalue weighted by Crippen LogP contribution is 2.33. The number of hydrogen-bond acceptors (Lipinski definition) is 3. The molecule has 3 N–H and O–H groups in total. The smallest absolute Gasteiger partial charge is 0.231 e. The molecule has 134 valence electrons. The lowest BCUT2D eigenvalue weighted by molar-refractivity contribution is 0.243. The van der Waals surface area contributed by atoms with Gasteiger partial charge in [0.25, 0.3) is 0 Å². The number of nitrogens with two attached hydrogens (primary N) is 1. The first-order valence-corrected chi connectivity index (χ1v) is 10.6. The predicted molar refractivity (Wildman–Crippen MR) is 101 cm³/mol. The minimum Gasteiger partial charge on any atom is -0.361 e. The van der Waals surface area contributed by atoms with Gasteiger partial charge < -0.3 is 4.98 Å². The summed E-state index contributed by atoms with van der Waals surface area (Å²) in [7, 11) is -3.60. The highest BCUT2D eigenvalue weighted by Gasteiger charge is 2.31. The van der Waals surface area contributed by atoms with E-state index < -0.39 is 10.0 Å². The minimum atomic E-state index is -3.60. The van der Waals surface area contributed by atoms with Crippen LogP contribution in [0.5, 0.6) is 0 Å². The van der Waals surface area contributed by atoms with Crippen molar-refractivity contribution in [1.82, 2.24) is 9.88 Å². The van der Waals surface area contributed by atoms with Crippen molar-refractivity contribution in [3.8, 4) is 0 Å². The standard InChI is InChI=1S/C19H25N3O2S/c20-25(23,24)9-7-14-5-6-19-18(10-14)16(12-21-19)11-17-2-1-8-22(17)13-15-3-4-15/h5-7,9-10,12,15,17,21H,1-4,8,11,13H2,(H2,20,23,24)/t17-/m1/s1. The van der Waals surface area contributed by atoms with Crippen LogP contribution >= 0.6 is 0 Å². The van der Waals surface area contributed by atoms with Crippen LogP contribution in [0.25, 0.3) is 17.0 Å². The number of aromatic nitrogens is 1. The quantitative estimate of drug-likeness (QED) is 0.832. The van der Waals surface area contributed by atoms with E-state index in [1.807, 2.05) is 18.2 Å². The van der Waals surface area contributed by atoms with Gasteiger partial charge in [-0.3, -0.25) is 4.90 Å². The van der Waals surface area contributed by atoms with Crippen molar-refractivity contribution in [1.29, 1.82) is 0 Å². The van der Waals surface area contributed by atoms with E-state index in [2.05, 4.69) is 16.1 Å². The van der Waals surface area contributed by atoms with Crippen LogP contribution in [0, 0.1) is 5.92 Å². The second kappa shape index (κ2) is 6.59. The van der Waals surface area contributed by atoms with Crippen molar-refractivity contribution in [2.24, 2.45) is 11.1 Å². The Balaban J connectivity index is 1.55. The van der Waals surface area contributed by atoms with Crippen LogP contribution in [0.15, 0.2) is 29.8 Å². The van der Waals surface area contributed by atoms with Gasteiger partial charge in [-0.2, -0.15) is 0 Å². The zero-order valence-electron chi connectivity index (χ0n) is 14.3. The van der Waals surface area contributed by atoms with E-state index >= 15 is 0 Å². The molecule has 1 aromatic heterocycles. The zero-order chi connectivity index (χ0) is 17.4. The number of H-pyrrole nitrogens is 1. The monoisotopic (exact) mass is 359 g/mol. The predicted octanol–water partition coefficient (Wildman–Crippen LogP) is 2.84. The first kappa shape index (κ1) is 16.8. The Morgan fingerprint density at radius 3 is 2.88 bits per heavy atom. The maximum absolute atomic E-state index is 11.1. The van der Waals surface area contributed by atoms with E-state index in [-0.39, 0.29) is 0 Å². The number of aromatic amines is 1. The number of likely N-dealkylation sites (tertiary alicyclic amines) is 1. The van der Waals surface area contributed by atoms with E-state index in [0.717, 1.165) is 28.8 Å². The molecule has 5 nitrogen and oxygen atoms in total. The van der Waals surface area contributed by atoms with Gasteiger partial charge in [-0.25, -0.2) is 13.6 Å². The number of fused-ring (bicyclic) bond motifs is 1. The zero-order valence-corrected chi connectivity index (χ0v) is 15.1. The van der Waals surface area contributed by atoms with E-state index in [4.69, 9.17) is 5.14 Å². The molecule has 2 aliphatic rings. The first-order valence-electron chi connectivity index (χ1n) is 9.03. The third-order valence-corrected chi connectivity index (χ3v) is 5.90. The Morgan fingerprint density at radius 1 is 1.28 bits per heavy atom. The SMILES string of the molecule is NS(=O)(=O)C=Cc1ccc2[nH]cc(C[C@H]3CCCN3CC3CC3)c2c1. The molecule has 25 heavy (non-hydrogen) atoms. The molecule has 0 spiro atoms. The highest BCUT2D eigenvalue weighted by atomic mass is 32.2. The summed E-state index contributed by atoms with van der Waals surface area (Å²) in [6.07, 6.45) is 10.1. The number of sulfonamides is 1. The lowest BCUT2D eigenvalue weighted by atomic mass is 10.0. The van der Waals surface area contributed by atoms with Crippen molar-refractivity contribution in [3.05, 3.63) is 40.9 Å². The number of benzene rings is 1. The molecule has 1 saturated carbocycles. The molecule has 0 bridgehead atoms. The summed E-state index contributed by atoms with van der Waals surface area (Å²) in [4.78, 5) is 6.01. The van der Waals surface area contributed by atoms with Gasteiger partial charge in [-0.1, -0.05) is 6.07 Å². The Bertz CT molecular complexity index is 897. The molecule has 0 radical (unpaired) electrons. The molecule has 0 unspecified atom stereocenters. The summed E-state index contributed by atoms with van der Waals surface area (Å²) in [5.74, 6) is 0.929. The highest BCUT2D eigenvalue weighted by molar-refractivity contribution is 7.92. The van der Waals surface area contributed by atoms with Crippen molar-refractivity contribution in [3.63, 3.8) is 0 Å². The van der Waals surface area contributed by atoms with E-state index in [1.54, 1.807) is 6.08 Å². The Labute approximate surface area is 148 Å². The molecule has 1 atom stereocenters. The molecule has 1 aromatic carbocycles. The van der Waals surface area contributed by atoms with Gasteiger partial charge in [0.15, 0.2) is 0 Å². The molecule has 1 aliphatic heterocycles. The average molecular weight is 359 g/mol. The fourth-order valence-electron chi connectivity index (χ4n) is 3.89. The van der Waals surface area contributed by atoms with Gasteiger partial charge in [0.1, 0.15) is 0 Å². The maximum Gasteiger partial charge on any atom is 0.231 e. The molecular weight excluding hydrogens is 334 g/mol. The number of nitrogens with zero attached hydrogens (tertiary/aromatic N) is 1. The molecule has 2 aromatic rings. The van der Waals surface area contributed by atoms with E-state index in [1.165, 1.54) is 49.7 Å². The third kappa shape index (κ3) is 4.14. The van der Waals surface area contributed by atoms with Crippen molar-refractivity contribution in [2.75, 3.05) is 13.1 Å². The number of nitrogens with one attached hydrogen (secondary N) is 1. The van der Waals surface area contributed by atoms with Gasteiger partial charge in [0.2, 0.25) is 10.0 Å². The van der Waals surface area contributed by atoms with Crippen LogP contribution in [-0.2, 0) is 16.4 Å². The van der Waals surface area contributed by atoms with Crippen LogP contribution in [0.2, 0.25) is 0 Å². The van der Waals surface area contributed by atoms with Crippen molar-refractivity contribution in [2.45, 2.75) is 38.1 Å². The van der Waals surface area contributed by atoms with Gasteiger partial charge >= 0.3 is 0 Å². The molecule has 4 rings (SSSR count). The normalized spacial score (nSPS) is 22.4. The molecule has 0 amide bonds. The lowest BCUT2D eigenvalue weighted by Crippen LogP contribution is -2.32. The summed E-state index contributed by atoms with van der Waals surface area (Å²) in [6.45, 7) is 2.49. The molecule has 2 fully saturated rings. The number of rotatable bonds is 6. The summed E-state index contributed by atoms with van der Waals surface area (Å²) >= 11 is 0. The van der Waals surface area contributed by atoms with Gasteiger partial charge in [-0.05, 0) is 73.9 Å². The lowest BCUT2D eigenvalue weighted by Gasteiger charge is -2.24. The number of hydrogen-bond donors (Lipinski definition) is 2. The fourth-order valence-corrected chi connectivity index (χ4v) is 4.24. The summed E-state index contributed by atoms with van der Waals surface area (Å²) in [5, 5.41) is 7.27. The van der Waals surface area contributed by atoms with E-state index in [0.29, 0.717) is 6.04 Å². The summed E-state index contributed by atoms with van der Waals surface area (Å²) in [5.41, 5.74) is 3.26. The van der Waals surface area contributed by atoms with Gasteiger partial charge in [0.05, 0.1) is 0 Å². The topological polar surface area (TPSA) is 79.2 Å². The summed E-state index contributed by atoms with van der Waals surface area (Å²) < 4.78 is 22.2.